The average molecular weight is 283 g/mol. The van der Waals surface area contributed by atoms with Crippen molar-refractivity contribution in [3.63, 3.8) is 0 Å². The van der Waals surface area contributed by atoms with Gasteiger partial charge >= 0.3 is 6.18 Å². The van der Waals surface area contributed by atoms with Gasteiger partial charge in [-0.2, -0.15) is 18.3 Å². The highest BCUT2D eigenvalue weighted by Crippen LogP contribution is 2.32. The van der Waals surface area contributed by atoms with Crippen molar-refractivity contribution in [2.45, 2.75) is 26.6 Å². The predicted octanol–water partition coefficient (Wildman–Crippen LogP) is 3.67. The van der Waals surface area contributed by atoms with Crippen LogP contribution in [-0.4, -0.2) is 9.78 Å². The van der Waals surface area contributed by atoms with Crippen LogP contribution in [0.5, 0.6) is 0 Å². The van der Waals surface area contributed by atoms with E-state index in [0.717, 1.165) is 29.1 Å². The Morgan fingerprint density at radius 2 is 1.90 bits per heavy atom. The fourth-order valence-electron chi connectivity index (χ4n) is 2.00. The van der Waals surface area contributed by atoms with Crippen LogP contribution < -0.4 is 5.32 Å². The highest BCUT2D eigenvalue weighted by molar-refractivity contribution is 5.53. The van der Waals surface area contributed by atoms with E-state index in [-0.39, 0.29) is 0 Å². The van der Waals surface area contributed by atoms with E-state index in [1.807, 2.05) is 20.0 Å². The molecule has 1 N–H and O–H groups in total. The van der Waals surface area contributed by atoms with Gasteiger partial charge in [0.15, 0.2) is 0 Å². The van der Waals surface area contributed by atoms with Gasteiger partial charge in [0, 0.05) is 12.7 Å². The summed E-state index contributed by atoms with van der Waals surface area (Å²) in [5.74, 6) is 0. The van der Waals surface area contributed by atoms with Gasteiger partial charge in [0.05, 0.1) is 23.5 Å². The van der Waals surface area contributed by atoms with E-state index in [2.05, 4.69) is 10.4 Å². The molecule has 1 aromatic carbocycles. The summed E-state index contributed by atoms with van der Waals surface area (Å²) < 4.78 is 39.8. The summed E-state index contributed by atoms with van der Waals surface area (Å²) in [5.41, 5.74) is 2.41. The Morgan fingerprint density at radius 1 is 1.20 bits per heavy atom. The minimum absolute atomic E-state index is 0.430. The van der Waals surface area contributed by atoms with Gasteiger partial charge in [-0.3, -0.25) is 4.68 Å². The van der Waals surface area contributed by atoms with Gasteiger partial charge in [0.2, 0.25) is 0 Å². The number of rotatable bonds is 3. The van der Waals surface area contributed by atoms with Gasteiger partial charge in [-0.05, 0) is 37.6 Å². The monoisotopic (exact) mass is 283 g/mol. The van der Waals surface area contributed by atoms with E-state index < -0.39 is 11.7 Å². The molecule has 0 amide bonds. The minimum Gasteiger partial charge on any atom is -0.379 e. The third-order valence-corrected chi connectivity index (χ3v) is 3.12. The number of aryl methyl sites for hydroxylation is 3. The Balaban J connectivity index is 2.19. The molecule has 0 aliphatic carbocycles. The molecule has 0 saturated carbocycles. The molecule has 2 aromatic rings. The highest BCUT2D eigenvalue weighted by atomic mass is 19.4. The first-order valence-corrected chi connectivity index (χ1v) is 6.18. The number of nitrogens with one attached hydrogen (secondary N) is 1. The molecular weight excluding hydrogens is 267 g/mol. The number of alkyl halides is 3. The van der Waals surface area contributed by atoms with Gasteiger partial charge in [0.1, 0.15) is 0 Å². The van der Waals surface area contributed by atoms with Gasteiger partial charge in [-0.1, -0.05) is 6.07 Å². The molecule has 6 heteroatoms. The predicted molar refractivity (Wildman–Crippen MR) is 71.5 cm³/mol. The third kappa shape index (κ3) is 3.12. The van der Waals surface area contributed by atoms with Gasteiger partial charge in [-0.15, -0.1) is 0 Å². The fraction of sp³-hybridized carbons (Fsp3) is 0.357. The number of nitrogens with zero attached hydrogens (tertiary/aromatic N) is 2. The highest BCUT2D eigenvalue weighted by Gasteiger charge is 2.30. The van der Waals surface area contributed by atoms with E-state index in [9.17, 15) is 13.2 Å². The lowest BCUT2D eigenvalue weighted by molar-refractivity contribution is -0.137. The summed E-state index contributed by atoms with van der Waals surface area (Å²) >= 11 is 0. The molecule has 1 aromatic heterocycles. The second kappa shape index (κ2) is 5.19. The van der Waals surface area contributed by atoms with Gasteiger partial charge < -0.3 is 5.32 Å². The minimum atomic E-state index is -4.33. The summed E-state index contributed by atoms with van der Waals surface area (Å²) in [7, 11) is 1.81. The van der Waals surface area contributed by atoms with Crippen LogP contribution in [0, 0.1) is 13.8 Å². The summed E-state index contributed by atoms with van der Waals surface area (Å²) in [5, 5.41) is 7.23. The Kier molecular flexibility index (Phi) is 3.74. The lowest BCUT2D eigenvalue weighted by atomic mass is 10.1. The topological polar surface area (TPSA) is 29.9 Å². The van der Waals surface area contributed by atoms with Crippen LogP contribution in [-0.2, 0) is 19.8 Å². The summed E-state index contributed by atoms with van der Waals surface area (Å²) in [6, 6.07) is 5.60. The van der Waals surface area contributed by atoms with E-state index in [1.54, 1.807) is 11.6 Å². The normalized spacial score (nSPS) is 11.7. The van der Waals surface area contributed by atoms with Crippen LogP contribution >= 0.6 is 0 Å². The second-order valence-corrected chi connectivity index (χ2v) is 4.78. The molecular formula is C14H16F3N3. The third-order valence-electron chi connectivity index (χ3n) is 3.12. The Labute approximate surface area is 115 Å². The van der Waals surface area contributed by atoms with Crippen molar-refractivity contribution < 1.29 is 13.2 Å². The van der Waals surface area contributed by atoms with Crippen LogP contribution in [0.15, 0.2) is 24.3 Å². The maximum atomic E-state index is 12.7. The molecule has 20 heavy (non-hydrogen) atoms. The maximum Gasteiger partial charge on any atom is 0.416 e. The van der Waals surface area contributed by atoms with Crippen LogP contribution in [0.4, 0.5) is 18.9 Å². The molecule has 0 atom stereocenters. The Hall–Kier alpha value is -1.98. The average Bonchev–Trinajstić information content (AvgIpc) is 2.65. The lowest BCUT2D eigenvalue weighted by Crippen LogP contribution is -2.09. The summed E-state index contributed by atoms with van der Waals surface area (Å²) in [6.45, 7) is 4.08. The largest absolute Gasteiger partial charge is 0.416 e. The van der Waals surface area contributed by atoms with Crippen LogP contribution in [0.2, 0.25) is 0 Å². The first-order valence-electron chi connectivity index (χ1n) is 6.18. The van der Waals surface area contributed by atoms with Crippen molar-refractivity contribution in [3.8, 4) is 0 Å². The molecule has 0 bridgehead atoms. The van der Waals surface area contributed by atoms with E-state index in [4.69, 9.17) is 0 Å². The molecule has 3 nitrogen and oxygen atoms in total. The SMILES string of the molecule is Cc1cc(CNc2cc(C(F)(F)F)ccc2C)n(C)n1. The fourth-order valence-corrected chi connectivity index (χ4v) is 2.00. The molecule has 108 valence electrons. The number of anilines is 1. The smallest absolute Gasteiger partial charge is 0.379 e. The molecule has 0 fully saturated rings. The van der Waals surface area contributed by atoms with Crippen LogP contribution in [0.3, 0.4) is 0 Å². The lowest BCUT2D eigenvalue weighted by Gasteiger charge is -2.13. The number of benzene rings is 1. The van der Waals surface area contributed by atoms with Gasteiger partial charge in [0.25, 0.3) is 0 Å². The van der Waals surface area contributed by atoms with Crippen molar-refractivity contribution in [3.05, 3.63) is 46.8 Å². The first-order chi connectivity index (χ1) is 9.27. The van der Waals surface area contributed by atoms with Crippen molar-refractivity contribution in [1.29, 1.82) is 0 Å². The molecule has 1 heterocycles. The van der Waals surface area contributed by atoms with Crippen molar-refractivity contribution in [1.82, 2.24) is 9.78 Å². The summed E-state index contributed by atoms with van der Waals surface area (Å²) in [6.07, 6.45) is -4.33. The molecule has 0 aliphatic heterocycles. The molecule has 2 rings (SSSR count). The Morgan fingerprint density at radius 3 is 2.45 bits per heavy atom. The van der Waals surface area contributed by atoms with Crippen LogP contribution in [0.25, 0.3) is 0 Å². The van der Waals surface area contributed by atoms with Gasteiger partial charge in [-0.25, -0.2) is 0 Å². The number of aromatic nitrogens is 2. The number of hydrogen-bond acceptors (Lipinski definition) is 2. The molecule has 0 spiro atoms. The molecule has 0 radical (unpaired) electrons. The molecule has 0 unspecified atom stereocenters. The number of halogens is 3. The maximum absolute atomic E-state index is 12.7. The van der Waals surface area contributed by atoms with E-state index in [0.29, 0.717) is 12.2 Å². The van der Waals surface area contributed by atoms with Crippen molar-refractivity contribution >= 4 is 5.69 Å². The number of hydrogen-bond donors (Lipinski definition) is 1. The second-order valence-electron chi connectivity index (χ2n) is 4.78. The van der Waals surface area contributed by atoms with Crippen molar-refractivity contribution in [2.75, 3.05) is 5.32 Å². The van der Waals surface area contributed by atoms with Crippen LogP contribution in [0.1, 0.15) is 22.5 Å². The quantitative estimate of drug-likeness (QED) is 0.931. The zero-order chi connectivity index (χ0) is 14.9. The summed E-state index contributed by atoms with van der Waals surface area (Å²) in [4.78, 5) is 0. The van der Waals surface area contributed by atoms with E-state index in [1.165, 1.54) is 6.07 Å². The van der Waals surface area contributed by atoms with Crippen molar-refractivity contribution in [2.24, 2.45) is 7.05 Å². The molecule has 0 saturated heterocycles. The first kappa shape index (κ1) is 14.4. The zero-order valence-corrected chi connectivity index (χ0v) is 11.5. The Bertz CT molecular complexity index is 615. The standard InChI is InChI=1S/C14H16F3N3/c1-9-4-5-11(14(15,16)17)7-13(9)18-8-12-6-10(2)19-20(12)3/h4-7,18H,8H2,1-3H3. The zero-order valence-electron chi connectivity index (χ0n) is 11.5. The van der Waals surface area contributed by atoms with E-state index >= 15 is 0 Å². The molecule has 0 aliphatic rings.